The molecule has 1 aliphatic rings. The summed E-state index contributed by atoms with van der Waals surface area (Å²) in [7, 11) is 0. The molecule has 1 aliphatic heterocycles. The highest BCUT2D eigenvalue weighted by Gasteiger charge is 2.27. The standard InChI is InChI=1S/C15H22N2O3/c1-10(2)15(19)16-6-4-12(5-7-16)13-8-11(3)9-14(18)17(13)20/h8-10,12,20H,4-7H2,1-3H3. The molecule has 110 valence electrons. The van der Waals surface area contributed by atoms with E-state index in [4.69, 9.17) is 0 Å². The number of carbonyl (C=O) groups excluding carboxylic acids is 1. The van der Waals surface area contributed by atoms with Crippen molar-refractivity contribution < 1.29 is 10.0 Å². The number of likely N-dealkylation sites (tertiary alicyclic amines) is 1. The maximum absolute atomic E-state index is 11.9. The van der Waals surface area contributed by atoms with E-state index in [2.05, 4.69) is 0 Å². The van der Waals surface area contributed by atoms with Crippen molar-refractivity contribution in [2.75, 3.05) is 13.1 Å². The highest BCUT2D eigenvalue weighted by atomic mass is 16.5. The van der Waals surface area contributed by atoms with E-state index in [-0.39, 0.29) is 23.3 Å². The second kappa shape index (κ2) is 5.69. The molecule has 0 saturated carbocycles. The maximum Gasteiger partial charge on any atom is 0.283 e. The van der Waals surface area contributed by atoms with Crippen LogP contribution in [0, 0.1) is 12.8 Å². The Kier molecular flexibility index (Phi) is 4.16. The van der Waals surface area contributed by atoms with Gasteiger partial charge in [0, 0.05) is 31.0 Å². The average molecular weight is 278 g/mol. The Morgan fingerprint density at radius 3 is 2.45 bits per heavy atom. The number of hydrogen-bond acceptors (Lipinski definition) is 3. The molecule has 0 unspecified atom stereocenters. The number of hydrogen-bond donors (Lipinski definition) is 1. The summed E-state index contributed by atoms with van der Waals surface area (Å²) in [5, 5.41) is 9.86. The van der Waals surface area contributed by atoms with Gasteiger partial charge in [-0.05, 0) is 31.4 Å². The third-order valence-corrected chi connectivity index (χ3v) is 3.90. The fraction of sp³-hybridized carbons (Fsp3) is 0.600. The van der Waals surface area contributed by atoms with Gasteiger partial charge in [-0.1, -0.05) is 13.8 Å². The molecule has 5 heteroatoms. The van der Waals surface area contributed by atoms with Crippen LogP contribution in [0.1, 0.15) is 43.9 Å². The number of aryl methyl sites for hydroxylation is 1. The van der Waals surface area contributed by atoms with Crippen LogP contribution in [-0.2, 0) is 4.79 Å². The van der Waals surface area contributed by atoms with Gasteiger partial charge in [-0.3, -0.25) is 9.59 Å². The fourth-order valence-electron chi connectivity index (χ4n) is 2.77. The Balaban J connectivity index is 2.12. The predicted molar refractivity (Wildman–Crippen MR) is 76.0 cm³/mol. The molecular formula is C15H22N2O3. The largest absolute Gasteiger partial charge is 0.425 e. The van der Waals surface area contributed by atoms with Gasteiger partial charge in [0.15, 0.2) is 0 Å². The van der Waals surface area contributed by atoms with Crippen molar-refractivity contribution in [2.45, 2.75) is 39.5 Å². The van der Waals surface area contributed by atoms with Gasteiger partial charge in [-0.25, -0.2) is 0 Å². The molecule has 2 rings (SSSR count). The van der Waals surface area contributed by atoms with Crippen molar-refractivity contribution in [1.82, 2.24) is 9.63 Å². The number of carbonyl (C=O) groups is 1. The van der Waals surface area contributed by atoms with Gasteiger partial charge in [-0.2, -0.15) is 4.73 Å². The molecule has 0 atom stereocenters. The molecular weight excluding hydrogens is 256 g/mol. The van der Waals surface area contributed by atoms with Crippen molar-refractivity contribution in [3.05, 3.63) is 33.7 Å². The van der Waals surface area contributed by atoms with Gasteiger partial charge < -0.3 is 10.1 Å². The minimum Gasteiger partial charge on any atom is -0.425 e. The van der Waals surface area contributed by atoms with Gasteiger partial charge in [0.25, 0.3) is 5.56 Å². The second-order valence-corrected chi connectivity index (χ2v) is 5.86. The summed E-state index contributed by atoms with van der Waals surface area (Å²) in [6.45, 7) is 7.02. The molecule has 1 amide bonds. The van der Waals surface area contributed by atoms with Crippen LogP contribution >= 0.6 is 0 Å². The van der Waals surface area contributed by atoms with Gasteiger partial charge in [-0.15, -0.1) is 0 Å². The monoisotopic (exact) mass is 278 g/mol. The minimum absolute atomic E-state index is 0.0153. The summed E-state index contributed by atoms with van der Waals surface area (Å²) in [6, 6.07) is 3.27. The first-order valence-electron chi connectivity index (χ1n) is 7.11. The predicted octanol–water partition coefficient (Wildman–Crippen LogP) is 1.76. The average Bonchev–Trinajstić information content (AvgIpc) is 2.42. The van der Waals surface area contributed by atoms with Crippen molar-refractivity contribution in [2.24, 2.45) is 5.92 Å². The highest BCUT2D eigenvalue weighted by Crippen LogP contribution is 2.28. The van der Waals surface area contributed by atoms with Gasteiger partial charge in [0.2, 0.25) is 5.91 Å². The smallest absolute Gasteiger partial charge is 0.283 e. The van der Waals surface area contributed by atoms with E-state index >= 15 is 0 Å². The van der Waals surface area contributed by atoms with Crippen LogP contribution in [0.5, 0.6) is 0 Å². The molecule has 1 aromatic heterocycles. The lowest BCUT2D eigenvalue weighted by atomic mass is 9.92. The molecule has 1 saturated heterocycles. The number of rotatable bonds is 2. The first-order chi connectivity index (χ1) is 9.40. The SMILES string of the molecule is Cc1cc(C2CCN(C(=O)C(C)C)CC2)n(O)c(=O)c1. The fourth-order valence-corrected chi connectivity index (χ4v) is 2.77. The van der Waals surface area contributed by atoms with Crippen LogP contribution in [-0.4, -0.2) is 33.8 Å². The van der Waals surface area contributed by atoms with Gasteiger partial charge in [0.1, 0.15) is 0 Å². The minimum atomic E-state index is -0.388. The van der Waals surface area contributed by atoms with Crippen molar-refractivity contribution >= 4 is 5.91 Å². The first kappa shape index (κ1) is 14.6. The second-order valence-electron chi connectivity index (χ2n) is 5.86. The summed E-state index contributed by atoms with van der Waals surface area (Å²) < 4.78 is 0.748. The Bertz CT molecular complexity index is 555. The quantitative estimate of drug-likeness (QED) is 0.838. The van der Waals surface area contributed by atoms with Crippen LogP contribution < -0.4 is 5.56 Å². The van der Waals surface area contributed by atoms with Crippen molar-refractivity contribution in [3.63, 3.8) is 0 Å². The van der Waals surface area contributed by atoms with Crippen LogP contribution in [0.4, 0.5) is 0 Å². The third-order valence-electron chi connectivity index (χ3n) is 3.90. The zero-order valence-corrected chi connectivity index (χ0v) is 12.3. The zero-order valence-electron chi connectivity index (χ0n) is 12.3. The Labute approximate surface area is 118 Å². The molecule has 0 spiro atoms. The molecule has 1 fully saturated rings. The van der Waals surface area contributed by atoms with E-state index in [9.17, 15) is 14.8 Å². The van der Waals surface area contributed by atoms with E-state index in [1.54, 1.807) is 0 Å². The highest BCUT2D eigenvalue weighted by molar-refractivity contribution is 5.78. The van der Waals surface area contributed by atoms with Gasteiger partial charge >= 0.3 is 0 Å². The normalized spacial score (nSPS) is 16.7. The number of piperidine rings is 1. The van der Waals surface area contributed by atoms with Crippen LogP contribution in [0.2, 0.25) is 0 Å². The Morgan fingerprint density at radius 2 is 1.90 bits per heavy atom. The summed E-state index contributed by atoms with van der Waals surface area (Å²) in [5.74, 6) is 0.319. The molecule has 0 bridgehead atoms. The molecule has 0 aromatic carbocycles. The molecule has 5 nitrogen and oxygen atoms in total. The summed E-state index contributed by atoms with van der Waals surface area (Å²) in [5.41, 5.74) is 1.13. The lowest BCUT2D eigenvalue weighted by Gasteiger charge is -2.33. The van der Waals surface area contributed by atoms with Crippen molar-refractivity contribution in [1.29, 1.82) is 0 Å². The van der Waals surface area contributed by atoms with Crippen LogP contribution in [0.3, 0.4) is 0 Å². The molecule has 2 heterocycles. The molecule has 0 aliphatic carbocycles. The topological polar surface area (TPSA) is 62.5 Å². The maximum atomic E-state index is 11.9. The number of amides is 1. The lowest BCUT2D eigenvalue weighted by molar-refractivity contribution is -0.135. The summed E-state index contributed by atoms with van der Waals surface area (Å²) in [4.78, 5) is 25.4. The van der Waals surface area contributed by atoms with E-state index < -0.39 is 0 Å². The van der Waals surface area contributed by atoms with E-state index in [0.29, 0.717) is 18.8 Å². The van der Waals surface area contributed by atoms with E-state index in [1.165, 1.54) is 6.07 Å². The van der Waals surface area contributed by atoms with E-state index in [0.717, 1.165) is 23.1 Å². The van der Waals surface area contributed by atoms with Crippen LogP contribution in [0.25, 0.3) is 0 Å². The molecule has 20 heavy (non-hydrogen) atoms. The summed E-state index contributed by atoms with van der Waals surface area (Å²) >= 11 is 0. The third kappa shape index (κ3) is 2.86. The number of pyridine rings is 1. The molecule has 0 radical (unpaired) electrons. The molecule has 1 aromatic rings. The van der Waals surface area contributed by atoms with Crippen molar-refractivity contribution in [3.8, 4) is 0 Å². The first-order valence-corrected chi connectivity index (χ1v) is 7.11. The number of aromatic nitrogens is 1. The number of nitrogens with zero attached hydrogens (tertiary/aromatic N) is 2. The lowest BCUT2D eigenvalue weighted by Crippen LogP contribution is -2.40. The van der Waals surface area contributed by atoms with Gasteiger partial charge in [0.05, 0.1) is 5.69 Å². The van der Waals surface area contributed by atoms with Crippen LogP contribution in [0.15, 0.2) is 16.9 Å². The Morgan fingerprint density at radius 1 is 1.30 bits per heavy atom. The summed E-state index contributed by atoms with van der Waals surface area (Å²) in [6.07, 6.45) is 1.56. The van der Waals surface area contributed by atoms with E-state index in [1.807, 2.05) is 31.7 Å². The zero-order chi connectivity index (χ0) is 14.9. The Hall–Kier alpha value is -1.78. The molecule has 1 N–H and O–H groups in total.